The Hall–Kier alpha value is -0.850. The molecule has 3 heterocycles. The minimum atomic E-state index is 0.182. The molecule has 3 aliphatic heterocycles. The lowest BCUT2D eigenvalue weighted by atomic mass is 10.0. The van der Waals surface area contributed by atoms with Gasteiger partial charge in [-0.2, -0.15) is 0 Å². The predicted octanol–water partition coefficient (Wildman–Crippen LogP) is 1.32. The molecule has 1 N–H and O–H groups in total. The largest absolute Gasteiger partial charge is 0.375 e. The molecule has 0 saturated carbocycles. The maximum atomic E-state index is 5.94. The molecule has 6 heteroatoms. The maximum absolute atomic E-state index is 5.94. The second-order valence-electron chi connectivity index (χ2n) is 7.26. The van der Waals surface area contributed by atoms with Gasteiger partial charge >= 0.3 is 0 Å². The molecule has 3 aliphatic rings. The van der Waals surface area contributed by atoms with Gasteiger partial charge in [0, 0.05) is 45.9 Å². The first-order valence-electron chi connectivity index (χ1n) is 9.71. The summed E-state index contributed by atoms with van der Waals surface area (Å²) in [5, 5.41) is 3.56. The van der Waals surface area contributed by atoms with Crippen LogP contribution in [0.25, 0.3) is 0 Å². The van der Waals surface area contributed by atoms with E-state index >= 15 is 0 Å². The van der Waals surface area contributed by atoms with Crippen molar-refractivity contribution in [2.75, 3.05) is 53.0 Å². The third-order valence-corrected chi connectivity index (χ3v) is 5.61. The van der Waals surface area contributed by atoms with Gasteiger partial charge < -0.3 is 19.7 Å². The Labute approximate surface area is 146 Å². The summed E-state index contributed by atoms with van der Waals surface area (Å²) < 4.78 is 11.8. The molecule has 138 valence electrons. The highest BCUT2D eigenvalue weighted by atomic mass is 16.5. The van der Waals surface area contributed by atoms with Gasteiger partial charge in [-0.3, -0.25) is 9.89 Å². The summed E-state index contributed by atoms with van der Waals surface area (Å²) >= 11 is 0. The maximum Gasteiger partial charge on any atom is 0.193 e. The highest BCUT2D eigenvalue weighted by Crippen LogP contribution is 2.21. The van der Waals surface area contributed by atoms with E-state index in [2.05, 4.69) is 27.0 Å². The van der Waals surface area contributed by atoms with Crippen LogP contribution in [0.15, 0.2) is 4.99 Å². The van der Waals surface area contributed by atoms with E-state index in [1.165, 1.54) is 25.8 Å². The summed E-state index contributed by atoms with van der Waals surface area (Å²) in [7, 11) is 1.88. The monoisotopic (exact) mass is 338 g/mol. The van der Waals surface area contributed by atoms with Crippen LogP contribution in [0.4, 0.5) is 0 Å². The van der Waals surface area contributed by atoms with Crippen molar-refractivity contribution in [2.24, 2.45) is 4.99 Å². The molecule has 0 amide bonds. The number of nitrogens with one attached hydrogen (secondary N) is 1. The van der Waals surface area contributed by atoms with Crippen molar-refractivity contribution in [2.45, 2.75) is 57.3 Å². The van der Waals surface area contributed by atoms with E-state index in [1.54, 1.807) is 0 Å². The molecule has 0 aromatic carbocycles. The predicted molar refractivity (Wildman–Crippen MR) is 96.5 cm³/mol. The molecular formula is C18H34N4O2. The molecule has 24 heavy (non-hydrogen) atoms. The molecule has 0 aromatic rings. The smallest absolute Gasteiger partial charge is 0.193 e. The zero-order valence-corrected chi connectivity index (χ0v) is 15.4. The van der Waals surface area contributed by atoms with Gasteiger partial charge in [-0.1, -0.05) is 6.42 Å². The fraction of sp³-hybridized carbons (Fsp3) is 0.944. The van der Waals surface area contributed by atoms with E-state index in [4.69, 9.17) is 9.47 Å². The molecule has 3 unspecified atom stereocenters. The molecule has 0 spiro atoms. The van der Waals surface area contributed by atoms with Crippen molar-refractivity contribution in [1.82, 2.24) is 15.1 Å². The standard InChI is InChI=1S/C18H34N4O2/c1-15-6-3-4-9-21(15)10-8-20-18(19-2)22-11-13-24-17(14-22)16-7-5-12-23-16/h15-17H,3-14H2,1-2H3,(H,19,20). The van der Waals surface area contributed by atoms with Crippen LogP contribution in [0.1, 0.15) is 39.0 Å². The molecule has 0 radical (unpaired) electrons. The van der Waals surface area contributed by atoms with Crippen LogP contribution in [0.5, 0.6) is 0 Å². The average molecular weight is 338 g/mol. The first-order chi connectivity index (χ1) is 11.8. The van der Waals surface area contributed by atoms with Crippen LogP contribution in [-0.2, 0) is 9.47 Å². The Balaban J connectivity index is 1.44. The van der Waals surface area contributed by atoms with Crippen molar-refractivity contribution >= 4 is 5.96 Å². The molecule has 3 saturated heterocycles. The van der Waals surface area contributed by atoms with E-state index in [0.29, 0.717) is 0 Å². The van der Waals surface area contributed by atoms with Gasteiger partial charge in [0.05, 0.1) is 12.7 Å². The Bertz CT molecular complexity index is 412. The van der Waals surface area contributed by atoms with E-state index in [1.807, 2.05) is 7.05 Å². The number of aliphatic imine (C=N–C) groups is 1. The lowest BCUT2D eigenvalue weighted by molar-refractivity contribution is -0.0817. The van der Waals surface area contributed by atoms with Gasteiger partial charge in [-0.15, -0.1) is 0 Å². The first kappa shape index (κ1) is 18.0. The zero-order chi connectivity index (χ0) is 16.8. The molecule has 0 bridgehead atoms. The molecule has 3 fully saturated rings. The van der Waals surface area contributed by atoms with Crippen molar-refractivity contribution in [1.29, 1.82) is 0 Å². The number of guanidine groups is 1. The first-order valence-corrected chi connectivity index (χ1v) is 9.71. The number of piperidine rings is 1. The highest BCUT2D eigenvalue weighted by Gasteiger charge is 2.32. The van der Waals surface area contributed by atoms with Crippen LogP contribution >= 0.6 is 0 Å². The molecular weight excluding hydrogens is 304 g/mol. The second-order valence-corrected chi connectivity index (χ2v) is 7.26. The Morgan fingerprint density at radius 2 is 1.96 bits per heavy atom. The topological polar surface area (TPSA) is 49.3 Å². The van der Waals surface area contributed by atoms with Crippen LogP contribution < -0.4 is 5.32 Å². The summed E-state index contributed by atoms with van der Waals surface area (Å²) in [5.41, 5.74) is 0. The fourth-order valence-electron chi connectivity index (χ4n) is 4.12. The van der Waals surface area contributed by atoms with Crippen LogP contribution in [0.3, 0.4) is 0 Å². The molecule has 0 aliphatic carbocycles. The third kappa shape index (κ3) is 4.61. The van der Waals surface area contributed by atoms with Crippen LogP contribution in [0, 0.1) is 0 Å². The quantitative estimate of drug-likeness (QED) is 0.619. The Kier molecular flexibility index (Phi) is 6.75. The lowest BCUT2D eigenvalue weighted by Crippen LogP contribution is -2.54. The van der Waals surface area contributed by atoms with Gasteiger partial charge in [-0.05, 0) is 39.2 Å². The minimum absolute atomic E-state index is 0.182. The highest BCUT2D eigenvalue weighted by molar-refractivity contribution is 5.80. The van der Waals surface area contributed by atoms with E-state index in [9.17, 15) is 0 Å². The number of morpholine rings is 1. The van der Waals surface area contributed by atoms with Crippen molar-refractivity contribution in [3.05, 3.63) is 0 Å². The molecule has 6 nitrogen and oxygen atoms in total. The molecule has 0 aromatic heterocycles. The number of likely N-dealkylation sites (tertiary alicyclic amines) is 1. The summed E-state index contributed by atoms with van der Waals surface area (Å²) in [6, 6.07) is 0.717. The third-order valence-electron chi connectivity index (χ3n) is 5.61. The fourth-order valence-corrected chi connectivity index (χ4v) is 4.12. The number of nitrogens with zero attached hydrogens (tertiary/aromatic N) is 3. The molecule has 3 rings (SSSR count). The van der Waals surface area contributed by atoms with Gasteiger partial charge in [0.15, 0.2) is 5.96 Å². The van der Waals surface area contributed by atoms with Crippen LogP contribution in [0.2, 0.25) is 0 Å². The second kappa shape index (κ2) is 9.02. The summed E-state index contributed by atoms with van der Waals surface area (Å²) in [5.74, 6) is 1.01. The Morgan fingerprint density at radius 1 is 1.08 bits per heavy atom. The van der Waals surface area contributed by atoms with Crippen molar-refractivity contribution < 1.29 is 9.47 Å². The summed E-state index contributed by atoms with van der Waals surface area (Å²) in [6.45, 7) is 9.06. The normalized spacial score (nSPS) is 33.0. The average Bonchev–Trinajstić information content (AvgIpc) is 3.15. The Morgan fingerprint density at radius 3 is 2.71 bits per heavy atom. The van der Waals surface area contributed by atoms with Gasteiger partial charge in [0.2, 0.25) is 0 Å². The summed E-state index contributed by atoms with van der Waals surface area (Å²) in [4.78, 5) is 9.42. The SMILES string of the molecule is CN=C(NCCN1CCCCC1C)N1CCOC(C2CCCO2)C1. The van der Waals surface area contributed by atoms with E-state index < -0.39 is 0 Å². The minimum Gasteiger partial charge on any atom is -0.375 e. The van der Waals surface area contributed by atoms with Crippen molar-refractivity contribution in [3.8, 4) is 0 Å². The van der Waals surface area contributed by atoms with E-state index in [0.717, 1.165) is 64.2 Å². The summed E-state index contributed by atoms with van der Waals surface area (Å²) in [6.07, 6.45) is 6.78. The molecule has 3 atom stereocenters. The van der Waals surface area contributed by atoms with Gasteiger partial charge in [-0.25, -0.2) is 0 Å². The number of hydrogen-bond acceptors (Lipinski definition) is 4. The van der Waals surface area contributed by atoms with E-state index in [-0.39, 0.29) is 12.2 Å². The zero-order valence-electron chi connectivity index (χ0n) is 15.4. The number of hydrogen-bond donors (Lipinski definition) is 1. The number of rotatable bonds is 4. The number of ether oxygens (including phenoxy) is 2. The van der Waals surface area contributed by atoms with Gasteiger partial charge in [0.25, 0.3) is 0 Å². The van der Waals surface area contributed by atoms with Gasteiger partial charge in [0.1, 0.15) is 6.10 Å². The van der Waals surface area contributed by atoms with Crippen LogP contribution in [-0.4, -0.2) is 87.0 Å². The van der Waals surface area contributed by atoms with Crippen molar-refractivity contribution in [3.63, 3.8) is 0 Å². The lowest BCUT2D eigenvalue weighted by Gasteiger charge is -2.37.